The van der Waals surface area contributed by atoms with Crippen molar-refractivity contribution in [2.24, 2.45) is 11.8 Å². The van der Waals surface area contributed by atoms with E-state index >= 15 is 0 Å². The molecule has 4 rings (SSSR count). The van der Waals surface area contributed by atoms with Gasteiger partial charge in [0.05, 0.1) is 5.52 Å². The minimum absolute atomic E-state index is 0.442. The highest BCUT2D eigenvalue weighted by Gasteiger charge is 2.36. The molecule has 1 heterocycles. The Morgan fingerprint density at radius 3 is 2.90 bits per heavy atom. The lowest BCUT2D eigenvalue weighted by Gasteiger charge is -2.18. The minimum atomic E-state index is 0.442. The number of benzene rings is 1. The van der Waals surface area contributed by atoms with Gasteiger partial charge in [-0.3, -0.25) is 9.78 Å². The van der Waals surface area contributed by atoms with Crippen molar-refractivity contribution >= 4 is 17.4 Å². The molecule has 2 aliphatic carbocycles. The largest absolute Gasteiger partial charge is 0.429 e. The molecule has 3 heteroatoms. The van der Waals surface area contributed by atoms with Gasteiger partial charge in [-0.1, -0.05) is 12.2 Å². The number of carbonyl (C=O) groups is 1. The topological polar surface area (TPSA) is 39.2 Å². The fourth-order valence-corrected chi connectivity index (χ4v) is 3.61. The Hall–Kier alpha value is -2.16. The maximum absolute atomic E-state index is 10.4. The second-order valence-corrected chi connectivity index (χ2v) is 5.72. The Morgan fingerprint density at radius 2 is 2.15 bits per heavy atom. The number of hydrogen-bond donors (Lipinski definition) is 0. The SMILES string of the molecule is O=COc1ccc2cc(C3CC4C=CC3C4)cnc2c1. The zero-order valence-corrected chi connectivity index (χ0v) is 11.0. The number of carbonyl (C=O) groups excluding carboxylic acids is 1. The predicted molar refractivity (Wildman–Crippen MR) is 76.5 cm³/mol. The monoisotopic (exact) mass is 265 g/mol. The number of rotatable bonds is 3. The van der Waals surface area contributed by atoms with E-state index in [2.05, 4.69) is 23.2 Å². The zero-order chi connectivity index (χ0) is 13.5. The van der Waals surface area contributed by atoms with Gasteiger partial charge < -0.3 is 4.74 Å². The molecule has 1 fully saturated rings. The Balaban J connectivity index is 1.70. The van der Waals surface area contributed by atoms with E-state index in [4.69, 9.17) is 4.74 Å². The molecule has 2 bridgehead atoms. The maximum atomic E-state index is 10.4. The van der Waals surface area contributed by atoms with Gasteiger partial charge in [0.15, 0.2) is 0 Å². The number of nitrogens with zero attached hydrogens (tertiary/aromatic N) is 1. The van der Waals surface area contributed by atoms with Crippen molar-refractivity contribution in [1.29, 1.82) is 0 Å². The number of allylic oxidation sites excluding steroid dienone is 2. The van der Waals surface area contributed by atoms with Gasteiger partial charge in [0.1, 0.15) is 5.75 Å². The quantitative estimate of drug-likeness (QED) is 0.630. The van der Waals surface area contributed by atoms with E-state index in [0.29, 0.717) is 24.1 Å². The zero-order valence-electron chi connectivity index (χ0n) is 11.0. The van der Waals surface area contributed by atoms with Crippen molar-refractivity contribution in [2.75, 3.05) is 0 Å². The van der Waals surface area contributed by atoms with E-state index < -0.39 is 0 Å². The van der Waals surface area contributed by atoms with E-state index in [0.717, 1.165) is 16.8 Å². The van der Waals surface area contributed by atoms with Crippen molar-refractivity contribution in [3.63, 3.8) is 0 Å². The molecule has 20 heavy (non-hydrogen) atoms. The Kier molecular flexibility index (Phi) is 2.59. The van der Waals surface area contributed by atoms with Gasteiger partial charge in [0.25, 0.3) is 6.47 Å². The van der Waals surface area contributed by atoms with Crippen LogP contribution in [0.2, 0.25) is 0 Å². The van der Waals surface area contributed by atoms with Crippen molar-refractivity contribution in [3.05, 3.63) is 48.2 Å². The van der Waals surface area contributed by atoms with Crippen LogP contribution in [0, 0.1) is 11.8 Å². The van der Waals surface area contributed by atoms with Crippen LogP contribution in [0.4, 0.5) is 0 Å². The summed E-state index contributed by atoms with van der Waals surface area (Å²) in [6.07, 6.45) is 9.25. The number of pyridine rings is 1. The summed E-state index contributed by atoms with van der Waals surface area (Å²) in [5.41, 5.74) is 2.20. The molecule has 0 aliphatic heterocycles. The predicted octanol–water partition coefficient (Wildman–Crippen LogP) is 3.45. The summed E-state index contributed by atoms with van der Waals surface area (Å²) in [5.74, 6) is 2.62. The normalized spacial score (nSPS) is 27.1. The van der Waals surface area contributed by atoms with Gasteiger partial charge in [0.2, 0.25) is 0 Å². The van der Waals surface area contributed by atoms with Crippen LogP contribution in [0.15, 0.2) is 42.6 Å². The van der Waals surface area contributed by atoms with Crippen LogP contribution in [0.3, 0.4) is 0 Å². The van der Waals surface area contributed by atoms with Crippen LogP contribution in [0.5, 0.6) is 5.75 Å². The Morgan fingerprint density at radius 1 is 1.20 bits per heavy atom. The fraction of sp³-hybridized carbons (Fsp3) is 0.294. The van der Waals surface area contributed by atoms with Gasteiger partial charge in [-0.05, 0) is 54.4 Å². The van der Waals surface area contributed by atoms with Crippen molar-refractivity contribution in [1.82, 2.24) is 4.98 Å². The highest BCUT2D eigenvalue weighted by Crippen LogP contribution is 2.48. The highest BCUT2D eigenvalue weighted by atomic mass is 16.5. The average molecular weight is 265 g/mol. The first kappa shape index (κ1) is 11.6. The Labute approximate surface area is 117 Å². The van der Waals surface area contributed by atoms with Crippen LogP contribution in [0.1, 0.15) is 24.3 Å². The average Bonchev–Trinajstić information content (AvgIpc) is 3.10. The van der Waals surface area contributed by atoms with E-state index in [1.807, 2.05) is 18.3 Å². The van der Waals surface area contributed by atoms with E-state index in [1.54, 1.807) is 6.07 Å². The lowest BCUT2D eigenvalue weighted by atomic mass is 9.87. The molecule has 3 unspecified atom stereocenters. The van der Waals surface area contributed by atoms with Crippen LogP contribution in [-0.2, 0) is 4.79 Å². The maximum Gasteiger partial charge on any atom is 0.298 e. The fourth-order valence-electron chi connectivity index (χ4n) is 3.61. The highest BCUT2D eigenvalue weighted by molar-refractivity contribution is 5.81. The smallest absolute Gasteiger partial charge is 0.298 e. The van der Waals surface area contributed by atoms with Crippen LogP contribution < -0.4 is 4.74 Å². The number of fused-ring (bicyclic) bond motifs is 3. The molecule has 0 N–H and O–H groups in total. The molecule has 3 atom stereocenters. The second-order valence-electron chi connectivity index (χ2n) is 5.72. The van der Waals surface area contributed by atoms with Gasteiger partial charge >= 0.3 is 0 Å². The van der Waals surface area contributed by atoms with Crippen LogP contribution >= 0.6 is 0 Å². The van der Waals surface area contributed by atoms with Gasteiger partial charge in [-0.2, -0.15) is 0 Å². The first-order chi connectivity index (χ1) is 9.83. The summed E-state index contributed by atoms with van der Waals surface area (Å²) in [6.45, 7) is 0.442. The molecule has 1 saturated carbocycles. The van der Waals surface area contributed by atoms with Crippen molar-refractivity contribution in [3.8, 4) is 5.75 Å². The number of ether oxygens (including phenoxy) is 1. The molecular weight excluding hydrogens is 250 g/mol. The van der Waals surface area contributed by atoms with E-state index in [1.165, 1.54) is 18.4 Å². The number of hydrogen-bond acceptors (Lipinski definition) is 3. The first-order valence-electron chi connectivity index (χ1n) is 7.02. The number of aromatic nitrogens is 1. The molecule has 3 nitrogen and oxygen atoms in total. The molecule has 0 saturated heterocycles. The van der Waals surface area contributed by atoms with Gasteiger partial charge in [-0.15, -0.1) is 0 Å². The molecule has 100 valence electrons. The third-order valence-electron chi connectivity index (χ3n) is 4.57. The summed E-state index contributed by atoms with van der Waals surface area (Å²) < 4.78 is 4.85. The third-order valence-corrected chi connectivity index (χ3v) is 4.57. The Bertz CT molecular complexity index is 707. The third kappa shape index (κ3) is 1.82. The second kappa shape index (κ2) is 4.44. The van der Waals surface area contributed by atoms with Gasteiger partial charge in [0, 0.05) is 17.6 Å². The molecule has 2 aromatic rings. The standard InChI is InChI=1S/C17H15NO2/c19-10-20-15-4-3-13-7-14(9-18-17(13)8-15)16-6-11-1-2-12(16)5-11/h1-4,7-12,16H,5-6H2. The molecular formula is C17H15NO2. The van der Waals surface area contributed by atoms with Crippen LogP contribution in [-0.4, -0.2) is 11.5 Å². The lowest BCUT2D eigenvalue weighted by Crippen LogP contribution is -2.05. The summed E-state index contributed by atoms with van der Waals surface area (Å²) in [6, 6.07) is 7.80. The molecule has 0 amide bonds. The summed E-state index contributed by atoms with van der Waals surface area (Å²) in [7, 11) is 0. The van der Waals surface area contributed by atoms with E-state index in [-0.39, 0.29) is 0 Å². The van der Waals surface area contributed by atoms with Crippen molar-refractivity contribution in [2.45, 2.75) is 18.8 Å². The molecule has 2 aliphatic rings. The lowest BCUT2D eigenvalue weighted by molar-refractivity contribution is -0.120. The molecule has 1 aromatic carbocycles. The molecule has 1 aromatic heterocycles. The summed E-state index contributed by atoms with van der Waals surface area (Å²) in [4.78, 5) is 14.9. The summed E-state index contributed by atoms with van der Waals surface area (Å²) in [5, 5.41) is 1.10. The van der Waals surface area contributed by atoms with E-state index in [9.17, 15) is 4.79 Å². The summed E-state index contributed by atoms with van der Waals surface area (Å²) >= 11 is 0. The molecule has 0 spiro atoms. The van der Waals surface area contributed by atoms with Crippen molar-refractivity contribution < 1.29 is 9.53 Å². The first-order valence-corrected chi connectivity index (χ1v) is 7.02. The minimum Gasteiger partial charge on any atom is -0.429 e. The van der Waals surface area contributed by atoms with Crippen LogP contribution in [0.25, 0.3) is 10.9 Å². The van der Waals surface area contributed by atoms with Gasteiger partial charge in [-0.25, -0.2) is 0 Å². The molecule has 0 radical (unpaired) electrons.